The minimum atomic E-state index is -0.203. The number of halogens is 1. The number of hydrogen-bond acceptors (Lipinski definition) is 5. The van der Waals surface area contributed by atoms with Gasteiger partial charge >= 0.3 is 0 Å². The minimum absolute atomic E-state index is 0.0352. The molecule has 2 fully saturated rings. The van der Waals surface area contributed by atoms with Gasteiger partial charge in [0.25, 0.3) is 0 Å². The molecular formula is C26H32FN5O2. The van der Waals surface area contributed by atoms with Crippen LogP contribution < -0.4 is 9.80 Å². The maximum absolute atomic E-state index is 14.1. The molecule has 0 spiro atoms. The van der Waals surface area contributed by atoms with Crippen LogP contribution in [0.5, 0.6) is 0 Å². The minimum Gasteiger partial charge on any atom is -0.383 e. The van der Waals surface area contributed by atoms with Crippen LogP contribution in [0.3, 0.4) is 0 Å². The lowest BCUT2D eigenvalue weighted by Gasteiger charge is -2.39. The SMILES string of the molecule is COCCn1c(N2CCC(C(=O)N3CCN(c4ccccc4F)CC3)CC2)nc2ccccc21. The molecule has 34 heavy (non-hydrogen) atoms. The smallest absolute Gasteiger partial charge is 0.225 e. The fraction of sp³-hybridized carbons (Fsp3) is 0.462. The molecule has 2 aromatic carbocycles. The van der Waals surface area contributed by atoms with Crippen LogP contribution in [0.4, 0.5) is 16.0 Å². The molecular weight excluding hydrogens is 433 g/mol. The van der Waals surface area contributed by atoms with E-state index < -0.39 is 0 Å². The Morgan fingerprint density at radius 1 is 0.971 bits per heavy atom. The highest BCUT2D eigenvalue weighted by atomic mass is 19.1. The van der Waals surface area contributed by atoms with Crippen LogP contribution in [0.15, 0.2) is 48.5 Å². The van der Waals surface area contributed by atoms with Crippen molar-refractivity contribution in [1.82, 2.24) is 14.5 Å². The average molecular weight is 466 g/mol. The van der Waals surface area contributed by atoms with Crippen molar-refractivity contribution in [2.75, 3.05) is 62.8 Å². The van der Waals surface area contributed by atoms with Crippen LogP contribution in [0.2, 0.25) is 0 Å². The highest BCUT2D eigenvalue weighted by molar-refractivity contribution is 5.80. The standard InChI is InChI=1S/C26H32FN5O2/c1-34-19-18-32-24-9-5-3-7-22(24)28-26(32)31-12-10-20(11-13-31)25(33)30-16-14-29(15-17-30)23-8-4-2-6-21(23)27/h2-9,20H,10-19H2,1H3. The zero-order valence-corrected chi connectivity index (χ0v) is 19.7. The van der Waals surface area contributed by atoms with Gasteiger partial charge in [0.05, 0.1) is 23.3 Å². The van der Waals surface area contributed by atoms with Crippen molar-refractivity contribution in [3.63, 3.8) is 0 Å². The van der Waals surface area contributed by atoms with Gasteiger partial charge in [-0.1, -0.05) is 24.3 Å². The first-order valence-corrected chi connectivity index (χ1v) is 12.1. The number of carbonyl (C=O) groups excluding carboxylic acids is 1. The molecule has 0 radical (unpaired) electrons. The third-order valence-electron chi connectivity index (χ3n) is 7.06. The first-order valence-electron chi connectivity index (χ1n) is 12.1. The molecule has 2 saturated heterocycles. The van der Waals surface area contributed by atoms with E-state index in [0.29, 0.717) is 38.5 Å². The van der Waals surface area contributed by atoms with E-state index in [9.17, 15) is 9.18 Å². The summed E-state index contributed by atoms with van der Waals surface area (Å²) in [7, 11) is 1.71. The first-order chi connectivity index (χ1) is 16.7. The number of imidazole rings is 1. The largest absolute Gasteiger partial charge is 0.383 e. The first kappa shape index (κ1) is 22.7. The Labute approximate surface area is 199 Å². The van der Waals surface area contributed by atoms with Gasteiger partial charge in [-0.3, -0.25) is 4.79 Å². The molecule has 7 nitrogen and oxygen atoms in total. The molecule has 0 saturated carbocycles. The van der Waals surface area contributed by atoms with E-state index in [0.717, 1.165) is 49.5 Å². The monoisotopic (exact) mass is 465 g/mol. The summed E-state index contributed by atoms with van der Waals surface area (Å²) in [5.74, 6) is 1.03. The number of hydrogen-bond donors (Lipinski definition) is 0. The summed E-state index contributed by atoms with van der Waals surface area (Å²) in [6.07, 6.45) is 1.64. The summed E-state index contributed by atoms with van der Waals surface area (Å²) in [6.45, 7) is 5.59. The second-order valence-corrected chi connectivity index (χ2v) is 9.07. The lowest BCUT2D eigenvalue weighted by atomic mass is 9.95. The van der Waals surface area contributed by atoms with Crippen LogP contribution in [-0.4, -0.2) is 73.3 Å². The van der Waals surface area contributed by atoms with Crippen molar-refractivity contribution in [3.05, 3.63) is 54.3 Å². The second kappa shape index (κ2) is 10.0. The molecule has 1 aromatic heterocycles. The molecule has 180 valence electrons. The Balaban J connectivity index is 1.20. The van der Waals surface area contributed by atoms with Crippen molar-refractivity contribution in [1.29, 1.82) is 0 Å². The maximum atomic E-state index is 14.1. The summed E-state index contributed by atoms with van der Waals surface area (Å²) in [5, 5.41) is 0. The third kappa shape index (κ3) is 4.46. The van der Waals surface area contributed by atoms with Crippen LogP contribution in [0, 0.1) is 11.7 Å². The average Bonchev–Trinajstić information content (AvgIpc) is 3.26. The van der Waals surface area contributed by atoms with Crippen LogP contribution in [-0.2, 0) is 16.1 Å². The van der Waals surface area contributed by atoms with Gasteiger partial charge in [-0.15, -0.1) is 0 Å². The van der Waals surface area contributed by atoms with Gasteiger partial charge in [0.2, 0.25) is 11.9 Å². The number of methoxy groups -OCH3 is 1. The number of aromatic nitrogens is 2. The van der Waals surface area contributed by atoms with Crippen molar-refractivity contribution >= 4 is 28.6 Å². The van der Waals surface area contributed by atoms with E-state index in [1.165, 1.54) is 6.07 Å². The molecule has 8 heteroatoms. The zero-order valence-electron chi connectivity index (χ0n) is 19.7. The number of nitrogens with zero attached hydrogens (tertiary/aromatic N) is 5. The number of benzene rings is 2. The van der Waals surface area contributed by atoms with Gasteiger partial charge in [0, 0.05) is 58.8 Å². The molecule has 3 heterocycles. The summed E-state index contributed by atoms with van der Waals surface area (Å²) in [6, 6.07) is 15.0. The summed E-state index contributed by atoms with van der Waals surface area (Å²) in [4.78, 5) is 24.4. The number of amides is 1. The molecule has 5 rings (SSSR count). The Hall–Kier alpha value is -3.13. The summed E-state index contributed by atoms with van der Waals surface area (Å²) in [5.41, 5.74) is 2.72. The molecule has 2 aliphatic rings. The molecule has 0 unspecified atom stereocenters. The fourth-order valence-electron chi connectivity index (χ4n) is 5.17. The van der Waals surface area contributed by atoms with Gasteiger partial charge in [0.15, 0.2) is 0 Å². The Morgan fingerprint density at radius 3 is 2.41 bits per heavy atom. The molecule has 0 aliphatic carbocycles. The third-order valence-corrected chi connectivity index (χ3v) is 7.06. The van der Waals surface area contributed by atoms with E-state index >= 15 is 0 Å². The lowest BCUT2D eigenvalue weighted by Crippen LogP contribution is -2.52. The van der Waals surface area contributed by atoms with Crippen LogP contribution in [0.1, 0.15) is 12.8 Å². The molecule has 1 amide bonds. The summed E-state index contributed by atoms with van der Waals surface area (Å²) >= 11 is 0. The number of para-hydroxylation sites is 3. The van der Waals surface area contributed by atoms with Gasteiger partial charge in [-0.2, -0.15) is 0 Å². The van der Waals surface area contributed by atoms with Crippen molar-refractivity contribution in [2.45, 2.75) is 19.4 Å². The predicted octanol–water partition coefficient (Wildman–Crippen LogP) is 3.39. The van der Waals surface area contributed by atoms with E-state index in [4.69, 9.17) is 9.72 Å². The Morgan fingerprint density at radius 2 is 1.68 bits per heavy atom. The van der Waals surface area contributed by atoms with Crippen LogP contribution in [0.25, 0.3) is 11.0 Å². The van der Waals surface area contributed by atoms with E-state index in [2.05, 4.69) is 15.5 Å². The molecule has 0 N–H and O–H groups in total. The number of piperazine rings is 1. The van der Waals surface area contributed by atoms with E-state index in [1.54, 1.807) is 13.2 Å². The van der Waals surface area contributed by atoms with Gasteiger partial charge in [0.1, 0.15) is 5.82 Å². The molecule has 0 atom stereocenters. The van der Waals surface area contributed by atoms with Gasteiger partial charge in [-0.05, 0) is 37.1 Å². The van der Waals surface area contributed by atoms with E-state index in [1.807, 2.05) is 40.1 Å². The van der Waals surface area contributed by atoms with Gasteiger partial charge < -0.3 is 24.0 Å². The lowest BCUT2D eigenvalue weighted by molar-refractivity contribution is -0.136. The fourth-order valence-corrected chi connectivity index (χ4v) is 5.17. The Bertz CT molecular complexity index is 1130. The number of ether oxygens (including phenoxy) is 1. The van der Waals surface area contributed by atoms with Gasteiger partial charge in [-0.25, -0.2) is 9.37 Å². The molecule has 2 aliphatic heterocycles. The van der Waals surface area contributed by atoms with Crippen molar-refractivity contribution in [3.8, 4) is 0 Å². The number of carbonyl (C=O) groups is 1. The number of anilines is 2. The number of fused-ring (bicyclic) bond motifs is 1. The number of piperidine rings is 1. The predicted molar refractivity (Wildman–Crippen MR) is 132 cm³/mol. The zero-order chi connectivity index (χ0) is 23.5. The Kier molecular flexibility index (Phi) is 6.67. The van der Waals surface area contributed by atoms with Crippen molar-refractivity contribution in [2.24, 2.45) is 5.92 Å². The highest BCUT2D eigenvalue weighted by Gasteiger charge is 2.32. The van der Waals surface area contributed by atoms with E-state index in [-0.39, 0.29) is 17.6 Å². The van der Waals surface area contributed by atoms with Crippen LogP contribution >= 0.6 is 0 Å². The van der Waals surface area contributed by atoms with Crippen molar-refractivity contribution < 1.29 is 13.9 Å². The summed E-state index contributed by atoms with van der Waals surface area (Å²) < 4.78 is 21.7. The number of rotatable bonds is 6. The normalized spacial score (nSPS) is 17.5. The second-order valence-electron chi connectivity index (χ2n) is 9.07. The molecule has 0 bridgehead atoms. The topological polar surface area (TPSA) is 53.8 Å². The maximum Gasteiger partial charge on any atom is 0.225 e. The quantitative estimate of drug-likeness (QED) is 0.559. The highest BCUT2D eigenvalue weighted by Crippen LogP contribution is 2.28. The molecule has 3 aromatic rings.